The number of hydrogen-bond acceptors (Lipinski definition) is 4. The van der Waals surface area contributed by atoms with Gasteiger partial charge in [0.2, 0.25) is 5.91 Å². The first kappa shape index (κ1) is 48.3. The van der Waals surface area contributed by atoms with Gasteiger partial charge in [0, 0.05) is 0 Å². The highest BCUT2D eigenvalue weighted by Gasteiger charge is 2.23. The summed E-state index contributed by atoms with van der Waals surface area (Å²) in [5, 5.41) is 33.2. The normalized spacial score (nSPS) is 13.5. The van der Waals surface area contributed by atoms with E-state index < -0.39 is 24.2 Å². The molecule has 0 aromatic heterocycles. The number of rotatable bonds is 41. The van der Waals surface area contributed by atoms with Gasteiger partial charge in [-0.25, -0.2) is 0 Å². The van der Waals surface area contributed by atoms with E-state index in [0.29, 0.717) is 12.8 Å². The van der Waals surface area contributed by atoms with E-state index in [9.17, 15) is 20.1 Å². The van der Waals surface area contributed by atoms with Crippen LogP contribution in [0, 0.1) is 0 Å². The van der Waals surface area contributed by atoms with Crippen LogP contribution in [0.4, 0.5) is 0 Å². The van der Waals surface area contributed by atoms with Crippen molar-refractivity contribution in [3.8, 4) is 0 Å². The molecule has 0 aromatic rings. The smallest absolute Gasteiger partial charge is 0.249 e. The van der Waals surface area contributed by atoms with Gasteiger partial charge in [-0.2, -0.15) is 0 Å². The second-order valence-electron chi connectivity index (χ2n) is 15.6. The topological polar surface area (TPSA) is 89.8 Å². The highest BCUT2D eigenvalue weighted by atomic mass is 16.3. The number of unbranched alkanes of at least 4 members (excludes halogenated alkanes) is 33. The maximum atomic E-state index is 12.4. The minimum atomic E-state index is -1.07. The Morgan fingerprint density at radius 3 is 0.918 bits per heavy atom. The number of carbonyl (C=O) groups excluding carboxylic acids is 1. The predicted molar refractivity (Wildman–Crippen MR) is 213 cm³/mol. The van der Waals surface area contributed by atoms with Crippen molar-refractivity contribution in [2.45, 2.75) is 270 Å². The van der Waals surface area contributed by atoms with Crippen molar-refractivity contribution in [1.29, 1.82) is 0 Å². The predicted octanol–water partition coefficient (Wildman–Crippen LogP) is 12.7. The fourth-order valence-corrected chi connectivity index (χ4v) is 7.19. The molecule has 5 heteroatoms. The zero-order valence-electron chi connectivity index (χ0n) is 33.4. The van der Waals surface area contributed by atoms with Gasteiger partial charge in [-0.1, -0.05) is 239 Å². The summed E-state index contributed by atoms with van der Waals surface area (Å²) in [5.74, 6) is -0.468. The molecule has 1 amide bonds. The van der Waals surface area contributed by atoms with E-state index in [1.807, 2.05) is 0 Å². The lowest BCUT2D eigenvalue weighted by Crippen LogP contribution is -2.49. The Labute approximate surface area is 307 Å². The molecule has 5 nitrogen and oxygen atoms in total. The molecule has 294 valence electrons. The summed E-state index contributed by atoms with van der Waals surface area (Å²) in [6.45, 7) is 4.23. The van der Waals surface area contributed by atoms with Gasteiger partial charge in [0.1, 0.15) is 6.10 Å². The van der Waals surface area contributed by atoms with E-state index in [1.54, 1.807) is 0 Å². The molecular weight excluding hydrogens is 606 g/mol. The Morgan fingerprint density at radius 1 is 0.408 bits per heavy atom. The number of aliphatic hydroxyl groups is 3. The lowest BCUT2D eigenvalue weighted by molar-refractivity contribution is -0.131. The molecule has 0 spiro atoms. The fourth-order valence-electron chi connectivity index (χ4n) is 7.19. The van der Waals surface area contributed by atoms with Crippen LogP contribution in [0.15, 0.2) is 0 Å². The van der Waals surface area contributed by atoms with Gasteiger partial charge in [0.15, 0.2) is 0 Å². The third-order valence-corrected chi connectivity index (χ3v) is 10.7. The van der Waals surface area contributed by atoms with Crippen molar-refractivity contribution in [1.82, 2.24) is 5.32 Å². The van der Waals surface area contributed by atoms with Crippen LogP contribution < -0.4 is 5.32 Å². The Hall–Kier alpha value is -0.650. The summed E-state index contributed by atoms with van der Waals surface area (Å²) < 4.78 is 0. The zero-order chi connectivity index (χ0) is 35.9. The molecule has 0 bridgehead atoms. The highest BCUT2D eigenvalue weighted by Crippen LogP contribution is 2.17. The monoisotopic (exact) mass is 696 g/mol. The second-order valence-corrected chi connectivity index (χ2v) is 15.6. The largest absolute Gasteiger partial charge is 0.394 e. The average Bonchev–Trinajstić information content (AvgIpc) is 3.11. The van der Waals surface area contributed by atoms with Gasteiger partial charge >= 0.3 is 0 Å². The molecule has 0 fully saturated rings. The number of aliphatic hydroxyl groups excluding tert-OH is 3. The molecule has 3 unspecified atom stereocenters. The van der Waals surface area contributed by atoms with Crippen LogP contribution in [0.3, 0.4) is 0 Å². The summed E-state index contributed by atoms with van der Waals surface area (Å²) in [6.07, 6.45) is 45.4. The third kappa shape index (κ3) is 35.5. The Bertz CT molecular complexity index is 644. The van der Waals surface area contributed by atoms with Crippen LogP contribution >= 0.6 is 0 Å². The van der Waals surface area contributed by atoms with E-state index in [4.69, 9.17) is 0 Å². The first-order valence-corrected chi connectivity index (χ1v) is 22.3. The first-order chi connectivity index (χ1) is 24.1. The molecule has 0 rings (SSSR count). The second kappa shape index (κ2) is 40.1. The molecule has 0 saturated heterocycles. The number of hydrogen-bond donors (Lipinski definition) is 4. The molecular formula is C44H89NO4. The van der Waals surface area contributed by atoms with Crippen molar-refractivity contribution < 1.29 is 20.1 Å². The summed E-state index contributed by atoms with van der Waals surface area (Å²) >= 11 is 0. The number of nitrogens with one attached hydrogen (secondary N) is 1. The van der Waals surface area contributed by atoms with Crippen LogP contribution in [0.2, 0.25) is 0 Å². The number of carbonyl (C=O) groups is 1. The summed E-state index contributed by atoms with van der Waals surface area (Å²) in [4.78, 5) is 12.4. The van der Waals surface area contributed by atoms with Gasteiger partial charge < -0.3 is 20.6 Å². The van der Waals surface area contributed by atoms with Crippen molar-refractivity contribution in [2.75, 3.05) is 6.61 Å². The SMILES string of the molecule is CCCCCCCCCCCCCCCCCCCCCCCCCCC(O)C(CO)NC(=O)C(O)CCCCCCCCCCCCC. The van der Waals surface area contributed by atoms with E-state index in [0.717, 1.165) is 32.1 Å². The Kier molecular flexibility index (Phi) is 39.6. The minimum Gasteiger partial charge on any atom is -0.394 e. The zero-order valence-corrected chi connectivity index (χ0v) is 33.4. The Balaban J connectivity index is 3.52. The lowest BCUT2D eigenvalue weighted by atomic mass is 10.0. The molecule has 0 aliphatic heterocycles. The van der Waals surface area contributed by atoms with E-state index in [1.165, 1.54) is 193 Å². The Morgan fingerprint density at radius 2 is 0.653 bits per heavy atom. The van der Waals surface area contributed by atoms with Crippen LogP contribution in [0.1, 0.15) is 251 Å². The van der Waals surface area contributed by atoms with Gasteiger partial charge in [-0.3, -0.25) is 4.79 Å². The van der Waals surface area contributed by atoms with Crippen molar-refractivity contribution >= 4 is 5.91 Å². The third-order valence-electron chi connectivity index (χ3n) is 10.7. The first-order valence-electron chi connectivity index (χ1n) is 22.3. The maximum Gasteiger partial charge on any atom is 0.249 e. The summed E-state index contributed by atoms with van der Waals surface area (Å²) in [7, 11) is 0. The molecule has 0 saturated carbocycles. The standard InChI is InChI=1S/C44H89NO4/c1-3-5-7-9-11-13-15-16-17-18-19-20-21-22-23-24-25-26-27-29-30-32-34-36-38-42(47)41(40-46)45-44(49)43(48)39-37-35-33-31-28-14-12-10-8-6-4-2/h41-43,46-48H,3-40H2,1-2H3,(H,45,49). The fraction of sp³-hybridized carbons (Fsp3) is 0.977. The quantitative estimate of drug-likeness (QED) is 0.0479. The van der Waals surface area contributed by atoms with Crippen LogP contribution in [0.25, 0.3) is 0 Å². The average molecular weight is 696 g/mol. The molecule has 4 N–H and O–H groups in total. The minimum absolute atomic E-state index is 0.308. The van der Waals surface area contributed by atoms with Gasteiger partial charge in [0.05, 0.1) is 18.8 Å². The molecule has 3 atom stereocenters. The van der Waals surface area contributed by atoms with Crippen LogP contribution in [-0.2, 0) is 4.79 Å². The van der Waals surface area contributed by atoms with Crippen molar-refractivity contribution in [3.63, 3.8) is 0 Å². The van der Waals surface area contributed by atoms with E-state index >= 15 is 0 Å². The van der Waals surface area contributed by atoms with Crippen LogP contribution in [-0.4, -0.2) is 46.1 Å². The molecule has 0 radical (unpaired) electrons. The highest BCUT2D eigenvalue weighted by molar-refractivity contribution is 5.80. The van der Waals surface area contributed by atoms with Gasteiger partial charge in [-0.15, -0.1) is 0 Å². The molecule has 0 heterocycles. The van der Waals surface area contributed by atoms with Crippen molar-refractivity contribution in [2.24, 2.45) is 0 Å². The van der Waals surface area contributed by atoms with Crippen LogP contribution in [0.5, 0.6) is 0 Å². The summed E-state index contributed by atoms with van der Waals surface area (Å²) in [5.41, 5.74) is 0. The lowest BCUT2D eigenvalue weighted by Gasteiger charge is -2.23. The maximum absolute atomic E-state index is 12.4. The summed E-state index contributed by atoms with van der Waals surface area (Å²) in [6, 6.07) is -0.705. The molecule has 0 aliphatic rings. The van der Waals surface area contributed by atoms with Crippen molar-refractivity contribution in [3.05, 3.63) is 0 Å². The molecule has 0 aromatic carbocycles. The number of amides is 1. The molecule has 0 aliphatic carbocycles. The van der Waals surface area contributed by atoms with Gasteiger partial charge in [-0.05, 0) is 12.8 Å². The van der Waals surface area contributed by atoms with E-state index in [2.05, 4.69) is 19.2 Å². The van der Waals surface area contributed by atoms with Gasteiger partial charge in [0.25, 0.3) is 0 Å². The molecule has 49 heavy (non-hydrogen) atoms. The van der Waals surface area contributed by atoms with E-state index in [-0.39, 0.29) is 6.61 Å².